The van der Waals surface area contributed by atoms with Gasteiger partial charge in [0.2, 0.25) is 5.82 Å². The van der Waals surface area contributed by atoms with Crippen LogP contribution in [0.2, 0.25) is 5.02 Å². The Morgan fingerprint density at radius 1 is 1.23 bits per heavy atom. The zero-order chi connectivity index (χ0) is 21.9. The molecule has 0 fully saturated rings. The second-order valence-corrected chi connectivity index (χ2v) is 6.78. The SMILES string of the molecule is C[C@@H](O)[C@H](NC(=O)c1ccc(Cl)cc1)c1nc(-c2ccc(OC(N)(F)F)cc2)no1. The molecule has 3 rings (SSSR count). The Hall–Kier alpha value is -3.08. The summed E-state index contributed by atoms with van der Waals surface area (Å²) in [7, 11) is 0. The lowest BCUT2D eigenvalue weighted by Crippen LogP contribution is -2.35. The van der Waals surface area contributed by atoms with Crippen molar-refractivity contribution in [3.8, 4) is 17.1 Å². The Morgan fingerprint density at radius 2 is 1.87 bits per heavy atom. The average molecular weight is 439 g/mol. The Bertz CT molecular complexity index is 1000. The lowest BCUT2D eigenvalue weighted by atomic mass is 10.1. The van der Waals surface area contributed by atoms with E-state index in [4.69, 9.17) is 16.1 Å². The highest BCUT2D eigenvalue weighted by Gasteiger charge is 2.27. The number of nitrogens with one attached hydrogen (secondary N) is 1. The fourth-order valence-electron chi connectivity index (χ4n) is 2.52. The first kappa shape index (κ1) is 21.6. The third kappa shape index (κ3) is 5.50. The van der Waals surface area contributed by atoms with Crippen LogP contribution in [0.4, 0.5) is 8.78 Å². The van der Waals surface area contributed by atoms with Gasteiger partial charge in [-0.3, -0.25) is 4.79 Å². The maximum Gasteiger partial charge on any atom is 0.466 e. The van der Waals surface area contributed by atoms with Crippen molar-refractivity contribution in [1.29, 1.82) is 0 Å². The topological polar surface area (TPSA) is 124 Å². The predicted octanol–water partition coefficient (Wildman–Crippen LogP) is 3.13. The van der Waals surface area contributed by atoms with Gasteiger partial charge >= 0.3 is 6.23 Å². The molecule has 8 nitrogen and oxygen atoms in total. The molecule has 0 unspecified atom stereocenters. The van der Waals surface area contributed by atoms with Crippen molar-refractivity contribution in [2.75, 3.05) is 0 Å². The number of ether oxygens (including phenoxy) is 1. The van der Waals surface area contributed by atoms with E-state index in [1.54, 1.807) is 12.1 Å². The van der Waals surface area contributed by atoms with Gasteiger partial charge in [-0.1, -0.05) is 16.8 Å². The van der Waals surface area contributed by atoms with Crippen molar-refractivity contribution < 1.29 is 27.9 Å². The largest absolute Gasteiger partial charge is 0.466 e. The Balaban J connectivity index is 1.76. The molecule has 11 heteroatoms. The van der Waals surface area contributed by atoms with Crippen molar-refractivity contribution in [3.63, 3.8) is 0 Å². The summed E-state index contributed by atoms with van der Waals surface area (Å²) >= 11 is 5.81. The maximum absolute atomic E-state index is 12.7. The van der Waals surface area contributed by atoms with Crippen LogP contribution in [0.3, 0.4) is 0 Å². The van der Waals surface area contributed by atoms with Gasteiger partial charge in [-0.05, 0) is 55.5 Å². The summed E-state index contributed by atoms with van der Waals surface area (Å²) in [6, 6.07) is 10.6. The monoisotopic (exact) mass is 438 g/mol. The number of carbonyl (C=O) groups is 1. The van der Waals surface area contributed by atoms with E-state index in [1.807, 2.05) is 0 Å². The lowest BCUT2D eigenvalue weighted by Gasteiger charge is -2.17. The van der Waals surface area contributed by atoms with E-state index in [1.165, 1.54) is 43.3 Å². The summed E-state index contributed by atoms with van der Waals surface area (Å²) in [5, 5.41) is 17.0. The second kappa shape index (κ2) is 8.74. The molecule has 0 aliphatic heterocycles. The van der Waals surface area contributed by atoms with Gasteiger partial charge in [0.05, 0.1) is 6.10 Å². The van der Waals surface area contributed by atoms with Crippen molar-refractivity contribution >= 4 is 17.5 Å². The standard InChI is InChI=1S/C19H17ClF2N4O4/c1-10(27)15(24-17(28)12-2-6-13(20)7-3-12)18-25-16(26-30-18)11-4-8-14(9-5-11)29-19(21,22)23/h2-10,15,27H,23H2,1H3,(H,24,28)/t10-,15+/m1/s1. The number of hydrogen-bond donors (Lipinski definition) is 3. The van der Waals surface area contributed by atoms with Crippen LogP contribution in [0.25, 0.3) is 11.4 Å². The first-order valence-electron chi connectivity index (χ1n) is 8.66. The van der Waals surface area contributed by atoms with E-state index in [-0.39, 0.29) is 17.5 Å². The summed E-state index contributed by atoms with van der Waals surface area (Å²) in [4.78, 5) is 16.6. The number of nitrogens with zero attached hydrogens (tertiary/aromatic N) is 2. The van der Waals surface area contributed by atoms with Crippen LogP contribution in [-0.4, -0.2) is 33.5 Å². The van der Waals surface area contributed by atoms with Crippen LogP contribution < -0.4 is 15.8 Å². The molecule has 1 amide bonds. The molecule has 1 aromatic heterocycles. The van der Waals surface area contributed by atoms with Crippen LogP contribution in [0, 0.1) is 0 Å². The molecule has 2 aromatic carbocycles. The fraction of sp³-hybridized carbons (Fsp3) is 0.211. The Labute approximate surface area is 174 Å². The molecule has 0 saturated heterocycles. The minimum absolute atomic E-state index is 0.0314. The van der Waals surface area contributed by atoms with Crippen LogP contribution in [0.15, 0.2) is 53.1 Å². The number of carbonyl (C=O) groups excluding carboxylic acids is 1. The summed E-state index contributed by atoms with van der Waals surface area (Å²) in [5.74, 6) is -0.521. The molecule has 0 aliphatic carbocycles. The van der Waals surface area contributed by atoms with Crippen molar-refractivity contribution in [1.82, 2.24) is 15.5 Å². The van der Waals surface area contributed by atoms with Crippen LogP contribution in [0.5, 0.6) is 5.75 Å². The molecule has 0 spiro atoms. The highest BCUT2D eigenvalue weighted by molar-refractivity contribution is 6.30. The van der Waals surface area contributed by atoms with E-state index in [2.05, 4.69) is 25.9 Å². The van der Waals surface area contributed by atoms with Crippen LogP contribution in [-0.2, 0) is 0 Å². The molecule has 2 atom stereocenters. The molecule has 30 heavy (non-hydrogen) atoms. The minimum Gasteiger partial charge on any atom is -0.420 e. The average Bonchev–Trinajstić information content (AvgIpc) is 3.15. The molecular formula is C19H17ClF2N4O4. The zero-order valence-electron chi connectivity index (χ0n) is 15.6. The van der Waals surface area contributed by atoms with Gasteiger partial charge in [0.15, 0.2) is 0 Å². The predicted molar refractivity (Wildman–Crippen MR) is 103 cm³/mol. The summed E-state index contributed by atoms with van der Waals surface area (Å²) in [5.41, 5.74) is 5.28. The summed E-state index contributed by atoms with van der Waals surface area (Å²) in [6.07, 6.45) is -4.84. The van der Waals surface area contributed by atoms with E-state index in [0.717, 1.165) is 0 Å². The quantitative estimate of drug-likeness (QED) is 0.382. The van der Waals surface area contributed by atoms with E-state index in [0.29, 0.717) is 16.1 Å². The third-order valence-electron chi connectivity index (χ3n) is 3.95. The van der Waals surface area contributed by atoms with E-state index >= 15 is 0 Å². The number of alkyl halides is 2. The first-order chi connectivity index (χ1) is 14.1. The number of amides is 1. The number of aliphatic hydroxyl groups is 1. The molecule has 0 saturated carbocycles. The van der Waals surface area contributed by atoms with Gasteiger partial charge in [-0.2, -0.15) is 4.98 Å². The normalized spacial score (nSPS) is 13.5. The highest BCUT2D eigenvalue weighted by atomic mass is 35.5. The van der Waals surface area contributed by atoms with Crippen molar-refractivity contribution in [3.05, 3.63) is 65.0 Å². The first-order valence-corrected chi connectivity index (χ1v) is 9.04. The molecule has 0 radical (unpaired) electrons. The molecule has 1 heterocycles. The molecule has 4 N–H and O–H groups in total. The van der Waals surface area contributed by atoms with Gasteiger partial charge < -0.3 is 19.7 Å². The second-order valence-electron chi connectivity index (χ2n) is 6.34. The van der Waals surface area contributed by atoms with Gasteiger partial charge in [-0.15, -0.1) is 8.78 Å². The van der Waals surface area contributed by atoms with E-state index in [9.17, 15) is 18.7 Å². The van der Waals surface area contributed by atoms with Crippen molar-refractivity contribution in [2.45, 2.75) is 25.3 Å². The summed E-state index contributed by atoms with van der Waals surface area (Å²) in [6.45, 7) is 1.45. The fourth-order valence-corrected chi connectivity index (χ4v) is 2.65. The van der Waals surface area contributed by atoms with Crippen LogP contribution >= 0.6 is 11.6 Å². The lowest BCUT2D eigenvalue weighted by molar-refractivity contribution is -0.170. The molecule has 0 aliphatic rings. The Morgan fingerprint density at radius 3 is 2.43 bits per heavy atom. The number of nitrogens with two attached hydrogens (primary N) is 1. The number of rotatable bonds is 7. The smallest absolute Gasteiger partial charge is 0.420 e. The Kier molecular flexibility index (Phi) is 6.30. The van der Waals surface area contributed by atoms with Crippen LogP contribution in [0.1, 0.15) is 29.2 Å². The van der Waals surface area contributed by atoms with Gasteiger partial charge in [-0.25, -0.2) is 5.73 Å². The van der Waals surface area contributed by atoms with E-state index < -0.39 is 24.3 Å². The number of halogens is 3. The van der Waals surface area contributed by atoms with Gasteiger partial charge in [0.1, 0.15) is 11.8 Å². The zero-order valence-corrected chi connectivity index (χ0v) is 16.3. The maximum atomic E-state index is 12.7. The minimum atomic E-state index is -3.80. The van der Waals surface area contributed by atoms with Gasteiger partial charge in [0.25, 0.3) is 11.8 Å². The highest BCUT2D eigenvalue weighted by Crippen LogP contribution is 2.25. The number of hydrogen-bond acceptors (Lipinski definition) is 7. The molecule has 3 aromatic rings. The summed E-state index contributed by atoms with van der Waals surface area (Å²) < 4.78 is 34.8. The number of aliphatic hydroxyl groups excluding tert-OH is 1. The van der Waals surface area contributed by atoms with Crippen molar-refractivity contribution in [2.24, 2.45) is 5.73 Å². The number of benzene rings is 2. The molecule has 158 valence electrons. The third-order valence-corrected chi connectivity index (χ3v) is 4.20. The molecular weight excluding hydrogens is 422 g/mol. The molecule has 0 bridgehead atoms. The number of aromatic nitrogens is 2. The van der Waals surface area contributed by atoms with Gasteiger partial charge in [0, 0.05) is 16.1 Å².